The van der Waals surface area contributed by atoms with Gasteiger partial charge in [-0.1, -0.05) is 67.1 Å². The van der Waals surface area contributed by atoms with Crippen LogP contribution in [0.15, 0.2) is 48.5 Å². The lowest BCUT2D eigenvalue weighted by molar-refractivity contribution is -0.114. The molecule has 0 saturated heterocycles. The van der Waals surface area contributed by atoms with Gasteiger partial charge in [-0.2, -0.15) is 0 Å². The Morgan fingerprint density at radius 3 is 2.48 bits per heavy atom. The highest BCUT2D eigenvalue weighted by Gasteiger charge is 2.21. The van der Waals surface area contributed by atoms with E-state index in [0.29, 0.717) is 28.0 Å². The Kier molecular flexibility index (Phi) is 9.78. The zero-order valence-electron chi connectivity index (χ0n) is 17.9. The number of anilines is 1. The number of fused-ring (bicyclic) bond motifs is 1. The van der Waals surface area contributed by atoms with Crippen molar-refractivity contribution >= 4 is 62.7 Å². The first-order valence-electron chi connectivity index (χ1n) is 9.97. The van der Waals surface area contributed by atoms with E-state index in [-0.39, 0.29) is 18.3 Å². The first-order chi connectivity index (χ1) is 14.6. The van der Waals surface area contributed by atoms with Crippen LogP contribution >= 0.6 is 35.3 Å². The van der Waals surface area contributed by atoms with Gasteiger partial charge in [-0.25, -0.2) is 4.98 Å². The molecular formula is C23H27Cl2N3O2S. The number of methoxy groups -OCH3 is 1. The van der Waals surface area contributed by atoms with Crippen LogP contribution in [-0.4, -0.2) is 49.1 Å². The number of carbonyl (C=O) groups excluding carboxylic acids is 1. The minimum atomic E-state index is -0.111. The molecule has 0 saturated carbocycles. The van der Waals surface area contributed by atoms with Gasteiger partial charge in [0.05, 0.1) is 16.8 Å². The van der Waals surface area contributed by atoms with E-state index in [1.165, 1.54) is 11.3 Å². The molecule has 1 aromatic heterocycles. The monoisotopic (exact) mass is 479 g/mol. The molecule has 5 nitrogen and oxygen atoms in total. The van der Waals surface area contributed by atoms with Crippen molar-refractivity contribution in [3.05, 3.63) is 59.1 Å². The zero-order chi connectivity index (χ0) is 21.5. The van der Waals surface area contributed by atoms with E-state index in [4.69, 9.17) is 21.3 Å². The summed E-state index contributed by atoms with van der Waals surface area (Å²) in [6.45, 7) is 7.40. The molecule has 0 atom stereocenters. The normalized spacial score (nSPS) is 11.1. The highest BCUT2D eigenvalue weighted by atomic mass is 35.5. The number of aromatic nitrogens is 1. The quantitative estimate of drug-likeness (QED) is 0.365. The molecule has 8 heteroatoms. The van der Waals surface area contributed by atoms with E-state index in [1.807, 2.05) is 36.4 Å². The largest absolute Gasteiger partial charge is 0.494 e. The second kappa shape index (κ2) is 12.1. The standard InChI is InChI=1S/C23H26ClN3O2S.ClH/c1-4-26(5-2)15-16-27(20(28)14-11-17-9-7-6-8-10-17)23-25-21-19(29-3)13-12-18(24)22(21)30-23;/h6-14H,4-5,15-16H2,1-3H3;1H/b14-11+;. The number of ether oxygens (including phenoxy) is 1. The Morgan fingerprint density at radius 2 is 1.84 bits per heavy atom. The summed E-state index contributed by atoms with van der Waals surface area (Å²) in [5, 5.41) is 1.22. The molecule has 2 aromatic carbocycles. The van der Waals surface area contributed by atoms with Gasteiger partial charge in [0.1, 0.15) is 11.3 Å². The van der Waals surface area contributed by atoms with Gasteiger partial charge in [-0.05, 0) is 36.9 Å². The Balaban J connectivity index is 0.00000341. The molecule has 0 fully saturated rings. The fourth-order valence-electron chi connectivity index (χ4n) is 3.12. The van der Waals surface area contributed by atoms with E-state index in [9.17, 15) is 4.79 Å². The van der Waals surface area contributed by atoms with Crippen LogP contribution in [0.1, 0.15) is 19.4 Å². The highest BCUT2D eigenvalue weighted by Crippen LogP contribution is 2.38. The van der Waals surface area contributed by atoms with Crippen molar-refractivity contribution in [2.75, 3.05) is 38.2 Å². The average molecular weight is 480 g/mol. The Bertz CT molecular complexity index is 1020. The summed E-state index contributed by atoms with van der Waals surface area (Å²) >= 11 is 7.79. The molecule has 0 aliphatic heterocycles. The Labute approximate surface area is 198 Å². The SMILES string of the molecule is CCN(CC)CCN(C(=O)/C=C/c1ccccc1)c1nc2c(OC)ccc(Cl)c2s1.Cl. The third kappa shape index (κ3) is 6.20. The average Bonchev–Trinajstić information content (AvgIpc) is 3.22. The van der Waals surface area contributed by atoms with E-state index in [1.54, 1.807) is 30.2 Å². The molecule has 0 spiro atoms. The van der Waals surface area contributed by atoms with Crippen molar-refractivity contribution in [1.29, 1.82) is 0 Å². The number of likely N-dealkylation sites (N-methyl/N-ethyl adjacent to an activating group) is 1. The van der Waals surface area contributed by atoms with Crippen molar-refractivity contribution < 1.29 is 9.53 Å². The Hall–Kier alpha value is -2.12. The molecule has 0 aliphatic carbocycles. The summed E-state index contributed by atoms with van der Waals surface area (Å²) in [7, 11) is 1.60. The molecule has 0 radical (unpaired) electrons. The molecule has 3 aromatic rings. The molecule has 0 bridgehead atoms. The molecular weight excluding hydrogens is 453 g/mol. The van der Waals surface area contributed by atoms with Crippen molar-refractivity contribution in [3.63, 3.8) is 0 Å². The van der Waals surface area contributed by atoms with Gasteiger partial charge in [0.2, 0.25) is 0 Å². The zero-order valence-corrected chi connectivity index (χ0v) is 20.3. The van der Waals surface area contributed by atoms with Crippen LogP contribution < -0.4 is 9.64 Å². The maximum atomic E-state index is 13.1. The number of nitrogens with zero attached hydrogens (tertiary/aromatic N) is 3. The summed E-state index contributed by atoms with van der Waals surface area (Å²) in [5.41, 5.74) is 1.65. The lowest BCUT2D eigenvalue weighted by Gasteiger charge is -2.23. The lowest BCUT2D eigenvalue weighted by Crippen LogP contribution is -2.38. The highest BCUT2D eigenvalue weighted by molar-refractivity contribution is 7.23. The number of hydrogen-bond acceptors (Lipinski definition) is 5. The fourth-order valence-corrected chi connectivity index (χ4v) is 4.41. The minimum absolute atomic E-state index is 0. The van der Waals surface area contributed by atoms with Gasteiger partial charge in [0, 0.05) is 19.2 Å². The molecule has 0 N–H and O–H groups in total. The second-order valence-corrected chi connectivity index (χ2v) is 8.07. The van der Waals surface area contributed by atoms with Crippen LogP contribution in [0, 0.1) is 0 Å². The molecule has 0 unspecified atom stereocenters. The number of halogens is 2. The molecule has 31 heavy (non-hydrogen) atoms. The summed E-state index contributed by atoms with van der Waals surface area (Å²) in [6, 6.07) is 13.4. The van der Waals surface area contributed by atoms with Gasteiger partial charge >= 0.3 is 0 Å². The third-order valence-corrected chi connectivity index (χ3v) is 6.45. The predicted molar refractivity (Wildman–Crippen MR) is 134 cm³/mol. The predicted octanol–water partition coefficient (Wildman–Crippen LogP) is 5.77. The fraction of sp³-hybridized carbons (Fsp3) is 0.304. The number of amides is 1. The van der Waals surface area contributed by atoms with Crippen molar-refractivity contribution in [1.82, 2.24) is 9.88 Å². The smallest absolute Gasteiger partial charge is 0.252 e. The molecule has 3 rings (SSSR count). The van der Waals surface area contributed by atoms with Crippen molar-refractivity contribution in [3.8, 4) is 5.75 Å². The van der Waals surface area contributed by atoms with Crippen LogP contribution in [0.3, 0.4) is 0 Å². The molecule has 166 valence electrons. The van der Waals surface area contributed by atoms with Crippen LogP contribution in [0.5, 0.6) is 5.75 Å². The van der Waals surface area contributed by atoms with E-state index in [2.05, 4.69) is 18.7 Å². The van der Waals surface area contributed by atoms with E-state index < -0.39 is 0 Å². The third-order valence-electron chi connectivity index (χ3n) is 4.92. The summed E-state index contributed by atoms with van der Waals surface area (Å²) in [6.07, 6.45) is 3.43. The molecule has 1 heterocycles. The van der Waals surface area contributed by atoms with Gasteiger partial charge < -0.3 is 9.64 Å². The number of hydrogen-bond donors (Lipinski definition) is 0. The second-order valence-electron chi connectivity index (χ2n) is 6.68. The van der Waals surface area contributed by atoms with Crippen LogP contribution in [0.4, 0.5) is 5.13 Å². The maximum absolute atomic E-state index is 13.1. The molecule has 0 aliphatic rings. The van der Waals surface area contributed by atoms with Gasteiger partial charge in [-0.15, -0.1) is 12.4 Å². The first-order valence-corrected chi connectivity index (χ1v) is 11.2. The van der Waals surface area contributed by atoms with Gasteiger partial charge in [-0.3, -0.25) is 9.69 Å². The Morgan fingerprint density at radius 1 is 1.13 bits per heavy atom. The van der Waals surface area contributed by atoms with E-state index in [0.717, 1.165) is 29.9 Å². The van der Waals surface area contributed by atoms with Crippen molar-refractivity contribution in [2.24, 2.45) is 0 Å². The van der Waals surface area contributed by atoms with Gasteiger partial charge in [0.25, 0.3) is 5.91 Å². The van der Waals surface area contributed by atoms with Crippen LogP contribution in [-0.2, 0) is 4.79 Å². The minimum Gasteiger partial charge on any atom is -0.494 e. The summed E-state index contributed by atoms with van der Waals surface area (Å²) in [4.78, 5) is 21.9. The van der Waals surface area contributed by atoms with Gasteiger partial charge in [0.15, 0.2) is 5.13 Å². The number of benzene rings is 2. The summed E-state index contributed by atoms with van der Waals surface area (Å²) in [5.74, 6) is 0.535. The topological polar surface area (TPSA) is 45.7 Å². The van der Waals surface area contributed by atoms with Crippen molar-refractivity contribution in [2.45, 2.75) is 13.8 Å². The first kappa shape index (κ1) is 25.1. The number of rotatable bonds is 9. The number of thiazole rings is 1. The number of carbonyl (C=O) groups is 1. The van der Waals surface area contributed by atoms with Crippen LogP contribution in [0.2, 0.25) is 5.02 Å². The van der Waals surface area contributed by atoms with Crippen LogP contribution in [0.25, 0.3) is 16.3 Å². The molecule has 1 amide bonds. The lowest BCUT2D eigenvalue weighted by atomic mass is 10.2. The maximum Gasteiger partial charge on any atom is 0.252 e. The van der Waals surface area contributed by atoms with E-state index >= 15 is 0 Å². The summed E-state index contributed by atoms with van der Waals surface area (Å²) < 4.78 is 6.25.